The second-order valence-corrected chi connectivity index (χ2v) is 4.87. The number of carbonyl (C=O) groups excluding carboxylic acids is 1. The minimum Gasteiger partial charge on any atom is -0.330 e. The van der Waals surface area contributed by atoms with E-state index in [1.807, 2.05) is 20.8 Å². The second-order valence-electron chi connectivity index (χ2n) is 4.87. The van der Waals surface area contributed by atoms with Gasteiger partial charge in [0.2, 0.25) is 12.5 Å². The summed E-state index contributed by atoms with van der Waals surface area (Å²) in [6.45, 7) is 5.70. The Bertz CT molecular complexity index is 278. The summed E-state index contributed by atoms with van der Waals surface area (Å²) in [5.74, 6) is 0.189. The number of likely N-dealkylation sites (tertiary alicyclic amines) is 1. The van der Waals surface area contributed by atoms with Gasteiger partial charge in [0, 0.05) is 17.4 Å². The van der Waals surface area contributed by atoms with Crippen molar-refractivity contribution in [3.63, 3.8) is 0 Å². The summed E-state index contributed by atoms with van der Waals surface area (Å²) in [6.07, 6.45) is 2.39. The van der Waals surface area contributed by atoms with Crippen LogP contribution < -0.4 is 0 Å². The van der Waals surface area contributed by atoms with Gasteiger partial charge < -0.3 is 4.90 Å². The van der Waals surface area contributed by atoms with Gasteiger partial charge in [0.1, 0.15) is 0 Å². The monoisotopic (exact) mass is 228 g/mol. The maximum absolute atomic E-state index is 11.8. The van der Waals surface area contributed by atoms with Gasteiger partial charge in [-0.3, -0.25) is 14.9 Å². The number of carbonyl (C=O) groups is 1. The summed E-state index contributed by atoms with van der Waals surface area (Å²) in [5.41, 5.74) is 0. The van der Waals surface area contributed by atoms with Crippen molar-refractivity contribution in [2.24, 2.45) is 5.92 Å². The van der Waals surface area contributed by atoms with Gasteiger partial charge >= 0.3 is 0 Å². The molecule has 1 heterocycles. The molecule has 1 rings (SSSR count). The largest absolute Gasteiger partial charge is 0.330 e. The molecule has 1 aliphatic heterocycles. The van der Waals surface area contributed by atoms with E-state index in [1.54, 1.807) is 4.90 Å². The Morgan fingerprint density at radius 1 is 1.56 bits per heavy atom. The average molecular weight is 228 g/mol. The lowest BCUT2D eigenvalue weighted by Gasteiger charge is -2.39. The van der Waals surface area contributed by atoms with E-state index in [-0.39, 0.29) is 35.4 Å². The van der Waals surface area contributed by atoms with Crippen molar-refractivity contribution < 1.29 is 9.72 Å². The van der Waals surface area contributed by atoms with Crippen LogP contribution in [0.15, 0.2) is 0 Å². The molecule has 0 spiro atoms. The molecule has 0 aromatic heterocycles. The van der Waals surface area contributed by atoms with E-state index in [9.17, 15) is 14.9 Å². The zero-order chi connectivity index (χ0) is 12.3. The number of amides is 1. The molecule has 0 radical (unpaired) electrons. The predicted molar refractivity (Wildman–Crippen MR) is 60.6 cm³/mol. The third-order valence-electron chi connectivity index (χ3n) is 3.24. The van der Waals surface area contributed by atoms with Gasteiger partial charge in [-0.15, -0.1) is 0 Å². The first-order chi connectivity index (χ1) is 7.43. The third-order valence-corrected chi connectivity index (χ3v) is 3.24. The van der Waals surface area contributed by atoms with Crippen molar-refractivity contribution in [2.45, 2.75) is 52.1 Å². The van der Waals surface area contributed by atoms with E-state index in [1.165, 1.54) is 0 Å². The normalized spacial score (nSPS) is 23.6. The topological polar surface area (TPSA) is 63.5 Å². The third kappa shape index (κ3) is 2.93. The molecule has 1 aliphatic rings. The molecule has 2 unspecified atom stereocenters. The fourth-order valence-corrected chi connectivity index (χ4v) is 2.35. The molecule has 2 atom stereocenters. The number of nitro groups is 1. The molecule has 5 heteroatoms. The van der Waals surface area contributed by atoms with Crippen molar-refractivity contribution in [3.05, 3.63) is 10.1 Å². The molecule has 0 bridgehead atoms. The number of hydrogen-bond acceptors (Lipinski definition) is 3. The minimum absolute atomic E-state index is 0.0688. The van der Waals surface area contributed by atoms with Gasteiger partial charge in [0.05, 0.1) is 6.04 Å². The van der Waals surface area contributed by atoms with Crippen molar-refractivity contribution >= 4 is 5.91 Å². The fourth-order valence-electron chi connectivity index (χ4n) is 2.35. The molecular formula is C11H20N2O3. The van der Waals surface area contributed by atoms with Crippen LogP contribution in [-0.2, 0) is 4.79 Å². The van der Waals surface area contributed by atoms with Gasteiger partial charge in [-0.25, -0.2) is 0 Å². The zero-order valence-corrected chi connectivity index (χ0v) is 10.2. The number of piperidine rings is 1. The first-order valence-electron chi connectivity index (χ1n) is 5.86. The van der Waals surface area contributed by atoms with Gasteiger partial charge in [-0.2, -0.15) is 0 Å². The van der Waals surface area contributed by atoms with E-state index >= 15 is 0 Å². The fraction of sp³-hybridized carbons (Fsp3) is 0.909. The van der Waals surface area contributed by atoms with Crippen LogP contribution in [0.4, 0.5) is 0 Å². The first-order valence-corrected chi connectivity index (χ1v) is 5.86. The highest BCUT2D eigenvalue weighted by Gasteiger charge is 2.35. The Kier molecular flexibility index (Phi) is 4.26. The van der Waals surface area contributed by atoms with Crippen LogP contribution in [0.2, 0.25) is 0 Å². The van der Waals surface area contributed by atoms with Crippen molar-refractivity contribution in [1.82, 2.24) is 4.90 Å². The molecule has 1 fully saturated rings. The molecule has 0 aromatic rings. The van der Waals surface area contributed by atoms with Crippen molar-refractivity contribution in [1.29, 1.82) is 0 Å². The summed E-state index contributed by atoms with van der Waals surface area (Å²) >= 11 is 0. The number of hydrogen-bond donors (Lipinski definition) is 0. The molecule has 92 valence electrons. The Labute approximate surface area is 96.0 Å². The Morgan fingerprint density at radius 2 is 2.19 bits per heavy atom. The number of rotatable bonds is 4. The standard InChI is InChI=1S/C11H20N2O3/c1-8(2)10(7-12(15)16)13-9(3)5-4-6-11(13)14/h8-10H,4-7H2,1-3H3. The van der Waals surface area contributed by atoms with Gasteiger partial charge in [0.25, 0.3) is 0 Å². The highest BCUT2D eigenvalue weighted by molar-refractivity contribution is 5.77. The smallest absolute Gasteiger partial charge is 0.224 e. The molecule has 0 saturated carbocycles. The minimum atomic E-state index is -0.320. The molecule has 0 aromatic carbocycles. The van der Waals surface area contributed by atoms with E-state index in [2.05, 4.69) is 0 Å². The van der Waals surface area contributed by atoms with Crippen LogP contribution in [0.3, 0.4) is 0 Å². The van der Waals surface area contributed by atoms with E-state index < -0.39 is 0 Å². The summed E-state index contributed by atoms with van der Waals surface area (Å²) in [5, 5.41) is 10.6. The molecule has 16 heavy (non-hydrogen) atoms. The summed E-state index contributed by atoms with van der Waals surface area (Å²) in [4.78, 5) is 23.9. The van der Waals surface area contributed by atoms with Crippen LogP contribution in [0.5, 0.6) is 0 Å². The second kappa shape index (κ2) is 5.27. The molecule has 0 aliphatic carbocycles. The van der Waals surface area contributed by atoms with Gasteiger partial charge in [-0.05, 0) is 25.7 Å². The lowest BCUT2D eigenvalue weighted by Crippen LogP contribution is -2.53. The summed E-state index contributed by atoms with van der Waals surface area (Å²) in [7, 11) is 0. The highest BCUT2D eigenvalue weighted by atomic mass is 16.6. The van der Waals surface area contributed by atoms with E-state index in [0.29, 0.717) is 6.42 Å². The zero-order valence-electron chi connectivity index (χ0n) is 10.2. The summed E-state index contributed by atoms with van der Waals surface area (Å²) in [6, 6.07) is -0.133. The molecular weight excluding hydrogens is 208 g/mol. The summed E-state index contributed by atoms with van der Waals surface area (Å²) < 4.78 is 0. The van der Waals surface area contributed by atoms with Crippen LogP contribution in [0.1, 0.15) is 40.0 Å². The first kappa shape index (κ1) is 12.9. The van der Waals surface area contributed by atoms with Crippen LogP contribution >= 0.6 is 0 Å². The molecule has 0 N–H and O–H groups in total. The lowest BCUT2D eigenvalue weighted by molar-refractivity contribution is -0.488. The Balaban J connectivity index is 2.82. The van der Waals surface area contributed by atoms with Gasteiger partial charge in [-0.1, -0.05) is 13.8 Å². The molecule has 1 amide bonds. The molecule has 5 nitrogen and oxygen atoms in total. The predicted octanol–water partition coefficient (Wildman–Crippen LogP) is 1.69. The maximum Gasteiger partial charge on any atom is 0.224 e. The van der Waals surface area contributed by atoms with Crippen LogP contribution in [0.25, 0.3) is 0 Å². The number of nitrogens with zero attached hydrogens (tertiary/aromatic N) is 2. The Morgan fingerprint density at radius 3 is 2.62 bits per heavy atom. The van der Waals surface area contributed by atoms with Crippen LogP contribution in [-0.4, -0.2) is 34.4 Å². The van der Waals surface area contributed by atoms with Gasteiger partial charge in [0.15, 0.2) is 0 Å². The van der Waals surface area contributed by atoms with Crippen molar-refractivity contribution in [2.75, 3.05) is 6.54 Å². The van der Waals surface area contributed by atoms with Crippen molar-refractivity contribution in [3.8, 4) is 0 Å². The van der Waals surface area contributed by atoms with E-state index in [0.717, 1.165) is 12.8 Å². The average Bonchev–Trinajstić information content (AvgIpc) is 2.15. The highest BCUT2D eigenvalue weighted by Crippen LogP contribution is 2.24. The molecule has 1 saturated heterocycles. The Hall–Kier alpha value is -1.13. The quantitative estimate of drug-likeness (QED) is 0.543. The van der Waals surface area contributed by atoms with Crippen LogP contribution in [0, 0.1) is 16.0 Å². The SMILES string of the molecule is CC(C)C(C[N+](=O)[O-])N1C(=O)CCCC1C. The van der Waals surface area contributed by atoms with E-state index in [4.69, 9.17) is 0 Å². The maximum atomic E-state index is 11.8. The lowest BCUT2D eigenvalue weighted by atomic mass is 9.95.